The topological polar surface area (TPSA) is 75.0 Å². The van der Waals surface area contributed by atoms with Crippen molar-refractivity contribution in [2.75, 3.05) is 13.6 Å². The first kappa shape index (κ1) is 14.2. The number of aromatic amines is 1. The highest BCUT2D eigenvalue weighted by Crippen LogP contribution is 2.34. The number of fused-ring (bicyclic) bond motifs is 1. The molecule has 1 atom stereocenters. The summed E-state index contributed by atoms with van der Waals surface area (Å²) in [7, 11) is 2.05. The van der Waals surface area contributed by atoms with Crippen molar-refractivity contribution in [3.05, 3.63) is 39.9 Å². The van der Waals surface area contributed by atoms with Crippen molar-refractivity contribution in [2.24, 2.45) is 11.7 Å². The van der Waals surface area contributed by atoms with E-state index in [2.05, 4.69) is 21.9 Å². The quantitative estimate of drug-likeness (QED) is 0.871. The lowest BCUT2D eigenvalue weighted by Gasteiger charge is -2.26. The van der Waals surface area contributed by atoms with Gasteiger partial charge in [-0.2, -0.15) is 0 Å². The number of hydrogen-bond donors (Lipinski definition) is 2. The van der Waals surface area contributed by atoms with Crippen LogP contribution in [0.5, 0.6) is 0 Å². The monoisotopic (exact) mass is 286 g/mol. The summed E-state index contributed by atoms with van der Waals surface area (Å²) in [4.78, 5) is 21.9. The molecule has 1 fully saturated rings. The fourth-order valence-corrected chi connectivity index (χ4v) is 2.99. The molecule has 0 bridgehead atoms. The number of hydrogen-bond acceptors (Lipinski definition) is 4. The molecule has 5 nitrogen and oxygen atoms in total. The largest absolute Gasteiger partial charge is 0.329 e. The summed E-state index contributed by atoms with van der Waals surface area (Å²) < 4.78 is 0. The molecule has 3 N–H and O–H groups in total. The van der Waals surface area contributed by atoms with Gasteiger partial charge in [-0.05, 0) is 44.4 Å². The van der Waals surface area contributed by atoms with Gasteiger partial charge in [0.25, 0.3) is 5.56 Å². The van der Waals surface area contributed by atoms with E-state index in [1.54, 1.807) is 0 Å². The van der Waals surface area contributed by atoms with Gasteiger partial charge < -0.3 is 10.7 Å². The molecular weight excluding hydrogens is 264 g/mol. The summed E-state index contributed by atoms with van der Waals surface area (Å²) in [6, 6.07) is 6.06. The van der Waals surface area contributed by atoms with Gasteiger partial charge in [-0.25, -0.2) is 4.98 Å². The molecule has 1 saturated carbocycles. The van der Waals surface area contributed by atoms with E-state index in [0.717, 1.165) is 11.1 Å². The molecule has 1 aliphatic carbocycles. The zero-order valence-electron chi connectivity index (χ0n) is 12.6. The van der Waals surface area contributed by atoms with E-state index in [4.69, 9.17) is 5.73 Å². The number of likely N-dealkylation sites (N-methyl/N-ethyl adjacent to an activating group) is 1. The van der Waals surface area contributed by atoms with Crippen LogP contribution < -0.4 is 11.3 Å². The molecule has 0 saturated heterocycles. The molecule has 1 aliphatic rings. The maximum absolute atomic E-state index is 12.2. The fourth-order valence-electron chi connectivity index (χ4n) is 2.99. The summed E-state index contributed by atoms with van der Waals surface area (Å²) in [5.74, 6) is 1.41. The van der Waals surface area contributed by atoms with Crippen molar-refractivity contribution in [3.63, 3.8) is 0 Å². The highest BCUT2D eigenvalue weighted by atomic mass is 16.1. The van der Waals surface area contributed by atoms with Crippen LogP contribution in [0.2, 0.25) is 0 Å². The molecule has 5 heteroatoms. The van der Waals surface area contributed by atoms with Crippen LogP contribution in [0.3, 0.4) is 0 Å². The van der Waals surface area contributed by atoms with Crippen LogP contribution in [0.1, 0.15) is 24.2 Å². The number of para-hydroxylation sites is 1. The number of nitrogens with one attached hydrogen (secondary N) is 1. The van der Waals surface area contributed by atoms with E-state index in [1.807, 2.05) is 25.1 Å². The summed E-state index contributed by atoms with van der Waals surface area (Å²) in [5, 5.41) is 0.652. The average molecular weight is 286 g/mol. The fraction of sp³-hybridized carbons (Fsp3) is 0.500. The summed E-state index contributed by atoms with van der Waals surface area (Å²) in [6.07, 6.45) is 2.51. The van der Waals surface area contributed by atoms with Crippen LogP contribution in [0, 0.1) is 12.8 Å². The van der Waals surface area contributed by atoms with Gasteiger partial charge in [0.15, 0.2) is 0 Å². The predicted molar refractivity (Wildman–Crippen MR) is 84.1 cm³/mol. The van der Waals surface area contributed by atoms with Gasteiger partial charge in [0, 0.05) is 12.6 Å². The zero-order chi connectivity index (χ0) is 15.0. The second-order valence-corrected chi connectivity index (χ2v) is 6.04. The lowest BCUT2D eigenvalue weighted by Crippen LogP contribution is -2.39. The van der Waals surface area contributed by atoms with Crippen molar-refractivity contribution >= 4 is 10.9 Å². The number of benzene rings is 1. The minimum Gasteiger partial charge on any atom is -0.329 e. The van der Waals surface area contributed by atoms with E-state index in [-0.39, 0.29) is 5.56 Å². The molecule has 0 spiro atoms. The Balaban J connectivity index is 1.90. The third-order valence-electron chi connectivity index (χ3n) is 4.36. The SMILES string of the molecule is Cc1cccc2c(=O)[nH]c(CN(C)C(CN)C3CC3)nc12. The van der Waals surface area contributed by atoms with Gasteiger partial charge in [-0.15, -0.1) is 0 Å². The second kappa shape index (κ2) is 5.58. The van der Waals surface area contributed by atoms with Crippen LogP contribution in [-0.4, -0.2) is 34.5 Å². The Morgan fingerprint density at radius 2 is 2.24 bits per heavy atom. The van der Waals surface area contributed by atoms with E-state index in [9.17, 15) is 4.79 Å². The number of nitrogens with two attached hydrogens (primary N) is 1. The number of aryl methyl sites for hydroxylation is 1. The molecule has 0 radical (unpaired) electrons. The smallest absolute Gasteiger partial charge is 0.258 e. The predicted octanol–water partition coefficient (Wildman–Crippen LogP) is 1.40. The van der Waals surface area contributed by atoms with E-state index < -0.39 is 0 Å². The van der Waals surface area contributed by atoms with Gasteiger partial charge in [0.05, 0.1) is 17.4 Å². The third-order valence-corrected chi connectivity index (χ3v) is 4.36. The minimum absolute atomic E-state index is 0.0668. The van der Waals surface area contributed by atoms with Gasteiger partial charge in [0.2, 0.25) is 0 Å². The van der Waals surface area contributed by atoms with Crippen LogP contribution in [0.25, 0.3) is 10.9 Å². The molecule has 0 amide bonds. The summed E-state index contributed by atoms with van der Waals surface area (Å²) >= 11 is 0. The Hall–Kier alpha value is -1.72. The van der Waals surface area contributed by atoms with Crippen molar-refractivity contribution in [3.8, 4) is 0 Å². The maximum atomic E-state index is 12.2. The van der Waals surface area contributed by atoms with Crippen molar-refractivity contribution in [1.82, 2.24) is 14.9 Å². The van der Waals surface area contributed by atoms with Gasteiger partial charge >= 0.3 is 0 Å². The summed E-state index contributed by atoms with van der Waals surface area (Å²) in [5.41, 5.74) is 7.63. The molecule has 2 aromatic rings. The molecular formula is C16H22N4O. The Morgan fingerprint density at radius 3 is 2.90 bits per heavy atom. The first-order chi connectivity index (χ1) is 10.1. The van der Waals surface area contributed by atoms with Crippen molar-refractivity contribution in [2.45, 2.75) is 32.4 Å². The van der Waals surface area contributed by atoms with Crippen LogP contribution in [-0.2, 0) is 6.54 Å². The molecule has 1 aromatic heterocycles. The Morgan fingerprint density at radius 1 is 1.48 bits per heavy atom. The molecule has 1 unspecified atom stereocenters. The Labute approximate surface area is 124 Å². The molecule has 1 aromatic carbocycles. The van der Waals surface area contributed by atoms with Crippen LogP contribution in [0.4, 0.5) is 0 Å². The van der Waals surface area contributed by atoms with Crippen molar-refractivity contribution in [1.29, 1.82) is 0 Å². The van der Waals surface area contributed by atoms with E-state index in [1.165, 1.54) is 12.8 Å². The lowest BCUT2D eigenvalue weighted by molar-refractivity contribution is 0.211. The molecule has 3 rings (SSSR count). The second-order valence-electron chi connectivity index (χ2n) is 6.04. The average Bonchev–Trinajstić information content (AvgIpc) is 3.26. The zero-order valence-corrected chi connectivity index (χ0v) is 12.6. The molecule has 1 heterocycles. The molecule has 21 heavy (non-hydrogen) atoms. The Kier molecular flexibility index (Phi) is 3.78. The van der Waals surface area contributed by atoms with E-state index in [0.29, 0.717) is 36.3 Å². The van der Waals surface area contributed by atoms with Gasteiger partial charge in [-0.1, -0.05) is 12.1 Å². The Bertz CT molecular complexity index is 705. The number of rotatable bonds is 5. The van der Waals surface area contributed by atoms with Gasteiger partial charge in [-0.3, -0.25) is 9.69 Å². The number of aromatic nitrogens is 2. The maximum Gasteiger partial charge on any atom is 0.258 e. The first-order valence-corrected chi connectivity index (χ1v) is 7.49. The normalized spacial score (nSPS) is 16.6. The first-order valence-electron chi connectivity index (χ1n) is 7.49. The van der Waals surface area contributed by atoms with Crippen LogP contribution in [0.15, 0.2) is 23.0 Å². The van der Waals surface area contributed by atoms with Gasteiger partial charge in [0.1, 0.15) is 5.82 Å². The molecule has 112 valence electrons. The number of H-pyrrole nitrogens is 1. The molecule has 0 aliphatic heterocycles. The van der Waals surface area contributed by atoms with Crippen molar-refractivity contribution < 1.29 is 0 Å². The standard InChI is InChI=1S/C16H22N4O/c1-10-4-3-5-12-15(10)18-14(19-16(12)21)9-20(2)13(8-17)11-6-7-11/h3-5,11,13H,6-9,17H2,1-2H3,(H,18,19,21). The van der Waals surface area contributed by atoms with Crippen LogP contribution >= 0.6 is 0 Å². The third kappa shape index (κ3) is 2.84. The highest BCUT2D eigenvalue weighted by molar-refractivity contribution is 5.80. The lowest BCUT2D eigenvalue weighted by atomic mass is 10.1. The van der Waals surface area contributed by atoms with E-state index >= 15 is 0 Å². The minimum atomic E-state index is -0.0668. The summed E-state index contributed by atoms with van der Waals surface area (Å²) in [6.45, 7) is 3.26. The number of nitrogens with zero attached hydrogens (tertiary/aromatic N) is 2. The highest BCUT2D eigenvalue weighted by Gasteiger charge is 2.32.